The molecule has 64 heavy (non-hydrogen) atoms. The number of likely N-dealkylation sites (tertiary alicyclic amines) is 1. The van der Waals surface area contributed by atoms with Gasteiger partial charge in [0.15, 0.2) is 6.61 Å². The number of amides is 4. The Kier molecular flexibility index (Phi) is 20.9. The van der Waals surface area contributed by atoms with Crippen LogP contribution in [0, 0.1) is 23.7 Å². The van der Waals surface area contributed by atoms with Gasteiger partial charge in [-0.2, -0.15) is 4.72 Å². The van der Waals surface area contributed by atoms with Crippen molar-refractivity contribution in [3.63, 3.8) is 0 Å². The molecule has 1 saturated heterocycles. The number of nitrogens with one attached hydrogen (secondary N) is 3. The van der Waals surface area contributed by atoms with E-state index >= 15 is 0 Å². The summed E-state index contributed by atoms with van der Waals surface area (Å²) in [4.78, 5) is 72.4. The first kappa shape index (κ1) is 54.5. The molecule has 4 amide bonds. The van der Waals surface area contributed by atoms with Crippen LogP contribution in [0.25, 0.3) is 0 Å². The zero-order valence-corrected chi connectivity index (χ0v) is 40.7. The fourth-order valence-corrected chi connectivity index (χ4v) is 10.3. The Labute approximate surface area is 380 Å². The maximum Gasteiger partial charge on any atom is 0.341 e. The molecule has 1 aromatic rings. The molecule has 2 aliphatic rings. The van der Waals surface area contributed by atoms with E-state index in [1.54, 1.807) is 48.0 Å². The Morgan fingerprint density at radius 1 is 0.891 bits per heavy atom. The van der Waals surface area contributed by atoms with E-state index < -0.39 is 88.3 Å². The number of rotatable bonds is 27. The van der Waals surface area contributed by atoms with Gasteiger partial charge in [0.05, 0.1) is 54.0 Å². The van der Waals surface area contributed by atoms with Crippen LogP contribution in [0.2, 0.25) is 0 Å². The molecule has 18 nitrogen and oxygen atoms in total. The lowest BCUT2D eigenvalue weighted by Crippen LogP contribution is -2.59. The second-order valence-corrected chi connectivity index (χ2v) is 20.4. The van der Waals surface area contributed by atoms with Crippen LogP contribution in [0.5, 0.6) is 5.75 Å². The Bertz CT molecular complexity index is 1800. The molecule has 10 atom stereocenters. The smallest absolute Gasteiger partial charge is 0.341 e. The molecule has 19 heteroatoms. The third kappa shape index (κ3) is 14.8. The number of aliphatic hydroxyl groups excluding tert-OH is 1. The third-order valence-electron chi connectivity index (χ3n) is 12.6. The molecule has 0 spiro atoms. The highest BCUT2D eigenvalue weighted by molar-refractivity contribution is 7.90. The van der Waals surface area contributed by atoms with E-state index in [1.807, 2.05) is 60.5 Å². The molecule has 5 N–H and O–H groups in total. The summed E-state index contributed by atoms with van der Waals surface area (Å²) in [6.07, 6.45) is -0.466. The van der Waals surface area contributed by atoms with E-state index in [0.29, 0.717) is 50.0 Å². The summed E-state index contributed by atoms with van der Waals surface area (Å²) in [5.74, 6) is -3.33. The van der Waals surface area contributed by atoms with Crippen molar-refractivity contribution in [3.05, 3.63) is 29.8 Å². The quantitative estimate of drug-likeness (QED) is 0.0798. The zero-order valence-electron chi connectivity index (χ0n) is 39.9. The average molecular weight is 925 g/mol. The van der Waals surface area contributed by atoms with Crippen LogP contribution < -0.4 is 20.1 Å². The molecule has 1 unspecified atom stereocenters. The number of carboxylic acids is 1. The van der Waals surface area contributed by atoms with Crippen LogP contribution in [0.1, 0.15) is 92.6 Å². The van der Waals surface area contributed by atoms with Gasteiger partial charge in [-0.25, -0.2) is 13.2 Å². The number of sulfonamides is 1. The molecule has 1 aliphatic carbocycles. The van der Waals surface area contributed by atoms with Crippen molar-refractivity contribution in [2.24, 2.45) is 23.7 Å². The molecule has 2 fully saturated rings. The van der Waals surface area contributed by atoms with E-state index in [-0.39, 0.29) is 48.3 Å². The fourth-order valence-electron chi connectivity index (χ4n) is 8.81. The van der Waals surface area contributed by atoms with Crippen LogP contribution in [0.3, 0.4) is 0 Å². The number of nitrogens with zero attached hydrogens (tertiary/aromatic N) is 3. The van der Waals surface area contributed by atoms with Crippen molar-refractivity contribution in [2.45, 2.75) is 147 Å². The minimum atomic E-state index is -3.86. The number of ether oxygens (including phenoxy) is 3. The largest absolute Gasteiger partial charge is 0.482 e. The average Bonchev–Trinajstić information content (AvgIpc) is 3.99. The van der Waals surface area contributed by atoms with Crippen molar-refractivity contribution >= 4 is 39.6 Å². The van der Waals surface area contributed by atoms with Crippen LogP contribution in [0.4, 0.5) is 0 Å². The van der Waals surface area contributed by atoms with Crippen molar-refractivity contribution < 1.29 is 56.8 Å². The number of hydrogen-bond acceptors (Lipinski definition) is 12. The highest BCUT2D eigenvalue weighted by Crippen LogP contribution is 2.31. The van der Waals surface area contributed by atoms with Crippen LogP contribution >= 0.6 is 0 Å². The SMILES string of the molecule is CC[C@H](C)[C@@H]([C@@H](CC(=O)N1CCC[C@H]1[C@H](OC)[C@@H](C)C(=O)N[C@@H](Cc1ccc(OCC(=O)O)cc1)C(O)NS(=O)(=O)C1CC1)OC)N(C)C(=O)[C@@H](NC(=O)[C@H](C(C)C)N(C)C)C(C)C. The summed E-state index contributed by atoms with van der Waals surface area (Å²) in [6, 6.07) is 2.91. The number of carboxylic acid groups (broad SMARTS) is 1. The van der Waals surface area contributed by atoms with Crippen molar-refractivity contribution in [1.29, 1.82) is 0 Å². The molecule has 1 aromatic carbocycles. The summed E-state index contributed by atoms with van der Waals surface area (Å²) in [7, 11) is 4.47. The molecule has 0 bridgehead atoms. The normalized spacial score (nSPS) is 19.9. The number of benzene rings is 1. The fraction of sp³-hybridized carbons (Fsp3) is 0.756. The lowest BCUT2D eigenvalue weighted by atomic mass is 9.89. The Hall–Kier alpha value is -3.88. The molecule has 1 aliphatic heterocycles. The number of carbonyl (C=O) groups is 5. The van der Waals surface area contributed by atoms with Gasteiger partial charge < -0.3 is 44.9 Å². The predicted octanol–water partition coefficient (Wildman–Crippen LogP) is 2.22. The van der Waals surface area contributed by atoms with Gasteiger partial charge in [0.25, 0.3) is 0 Å². The number of aliphatic hydroxyl groups is 1. The first-order valence-electron chi connectivity index (χ1n) is 22.5. The number of likely N-dealkylation sites (N-methyl/N-ethyl adjacent to an activating group) is 2. The van der Waals surface area contributed by atoms with Gasteiger partial charge in [0.2, 0.25) is 33.7 Å². The monoisotopic (exact) mass is 925 g/mol. The van der Waals surface area contributed by atoms with Gasteiger partial charge in [0.1, 0.15) is 18.0 Å². The molecule has 1 saturated carbocycles. The van der Waals surface area contributed by atoms with Gasteiger partial charge in [-0.3, -0.25) is 24.1 Å². The Morgan fingerprint density at radius 3 is 2.02 bits per heavy atom. The van der Waals surface area contributed by atoms with Crippen molar-refractivity contribution in [1.82, 2.24) is 30.1 Å². The lowest BCUT2D eigenvalue weighted by molar-refractivity contribution is -0.148. The number of carbonyl (C=O) groups excluding carboxylic acids is 4. The topological polar surface area (TPSA) is 233 Å². The van der Waals surface area contributed by atoms with E-state index in [1.165, 1.54) is 14.2 Å². The molecule has 1 heterocycles. The standard InChI is InChI=1S/C45H76N6O12S/c1-13-28(6)40(50(10)45(58)38(26(2)3)47-44(57)39(27(4)5)49(8)9)35(61-11)24-36(52)51-22-14-15-34(51)41(62-12)29(7)42(55)46-33(43(56)48-64(59,60)32-20-21-32)23-30-16-18-31(19-17-30)63-25-37(53)54/h16-19,26-29,32-35,38-41,43,48,56H,13-15,20-25H2,1-12H3,(H,46,55)(H,47,57)(H,53,54)/t28-,29+,33-,34-,35+,38-,39-,40-,41+,43?/m0/s1. The molecule has 3 rings (SSSR count). The summed E-state index contributed by atoms with van der Waals surface area (Å²) in [5.41, 5.74) is 0.602. The first-order valence-corrected chi connectivity index (χ1v) is 24.1. The summed E-state index contributed by atoms with van der Waals surface area (Å²) >= 11 is 0. The Morgan fingerprint density at radius 2 is 1.52 bits per heavy atom. The number of aliphatic carboxylic acids is 1. The van der Waals surface area contributed by atoms with Gasteiger partial charge >= 0.3 is 5.97 Å². The van der Waals surface area contributed by atoms with E-state index in [2.05, 4.69) is 15.4 Å². The second-order valence-electron chi connectivity index (χ2n) is 18.4. The number of hydrogen-bond donors (Lipinski definition) is 5. The van der Waals surface area contributed by atoms with Crippen molar-refractivity contribution in [3.8, 4) is 5.75 Å². The first-order chi connectivity index (χ1) is 30.0. The highest BCUT2D eigenvalue weighted by Gasteiger charge is 2.44. The minimum absolute atomic E-state index is 0.00322. The molecular weight excluding hydrogens is 849 g/mol. The van der Waals surface area contributed by atoms with E-state index in [9.17, 15) is 37.5 Å². The predicted molar refractivity (Wildman–Crippen MR) is 241 cm³/mol. The minimum Gasteiger partial charge on any atom is -0.482 e. The van der Waals surface area contributed by atoms with Crippen molar-refractivity contribution in [2.75, 3.05) is 48.5 Å². The van der Waals surface area contributed by atoms with Gasteiger partial charge in [-0.15, -0.1) is 0 Å². The highest BCUT2D eigenvalue weighted by atomic mass is 32.2. The zero-order chi connectivity index (χ0) is 48.2. The van der Waals surface area contributed by atoms with Crippen LogP contribution in [0.15, 0.2) is 24.3 Å². The van der Waals surface area contributed by atoms with Crippen LogP contribution in [-0.2, 0) is 49.9 Å². The van der Waals surface area contributed by atoms with Gasteiger partial charge in [-0.1, -0.05) is 67.0 Å². The maximum atomic E-state index is 14.4. The summed E-state index contributed by atoms with van der Waals surface area (Å²) in [6.45, 7) is 13.2. The number of methoxy groups -OCH3 is 2. The van der Waals surface area contributed by atoms with Gasteiger partial charge in [-0.05, 0) is 81.6 Å². The van der Waals surface area contributed by atoms with E-state index in [0.717, 1.165) is 0 Å². The van der Waals surface area contributed by atoms with Crippen LogP contribution in [-0.4, -0.2) is 165 Å². The second kappa shape index (κ2) is 24.6. The lowest BCUT2D eigenvalue weighted by Gasteiger charge is -2.41. The molecular formula is C45H76N6O12S. The Balaban J connectivity index is 1.82. The van der Waals surface area contributed by atoms with E-state index in [4.69, 9.17) is 19.3 Å². The maximum absolute atomic E-state index is 14.4. The summed E-state index contributed by atoms with van der Waals surface area (Å²) < 4.78 is 45.2. The molecule has 0 radical (unpaired) electrons. The summed E-state index contributed by atoms with van der Waals surface area (Å²) in [5, 5.41) is 25.4. The molecule has 364 valence electrons. The van der Waals surface area contributed by atoms with Gasteiger partial charge in [0, 0.05) is 27.8 Å². The third-order valence-corrected chi connectivity index (χ3v) is 14.6. The molecule has 0 aromatic heterocycles.